The van der Waals surface area contributed by atoms with Gasteiger partial charge in [0.1, 0.15) is 0 Å². The van der Waals surface area contributed by atoms with E-state index in [1.54, 1.807) is 0 Å². The third-order valence-electron chi connectivity index (χ3n) is 26.0. The third-order valence-corrected chi connectivity index (χ3v) is 26.0. The Morgan fingerprint density at radius 2 is 0.537 bits per heavy atom. The highest BCUT2D eigenvalue weighted by Gasteiger charge is 2.46. The zero-order valence-corrected chi connectivity index (χ0v) is 75.5. The SMILES string of the molecule is CC(C)(C)c1cc(-c2cc3c4c(c2)N(c2ccc(C(C)(C)C)cc2-c2nc(-c5ccccc5)nc(-c5ccccc5)n2)c2cc(-n5c6ccc(C(C)(C)C)cc6c6cc(C(C)(C)C)ccc65)ccc2B4c2ccc(-n4c5ccc(C(C)(C)C)cc5c5cc(C(C)(C)C)ccc54)cc2N3c2ccc(-c3ccccc3)cc2-c2ccccc2)cc(C(C)(C)C)c1. The molecule has 2 aliphatic heterocycles. The van der Waals surface area contributed by atoms with Crippen molar-refractivity contribution in [2.75, 3.05) is 9.80 Å². The number of benzene rings is 14. The summed E-state index contributed by atoms with van der Waals surface area (Å²) in [5.74, 6) is 1.77. The van der Waals surface area contributed by atoms with Crippen LogP contribution in [0.15, 0.2) is 297 Å². The lowest BCUT2D eigenvalue weighted by atomic mass is 9.33. The topological polar surface area (TPSA) is 55.0 Å². The summed E-state index contributed by atoms with van der Waals surface area (Å²) in [6.07, 6.45) is 0. The molecule has 610 valence electrons. The zero-order valence-electron chi connectivity index (χ0n) is 75.5. The molecule has 0 saturated carbocycles. The van der Waals surface area contributed by atoms with Crippen LogP contribution in [0.3, 0.4) is 0 Å². The van der Waals surface area contributed by atoms with E-state index in [9.17, 15) is 0 Å². The Morgan fingerprint density at radius 1 is 0.211 bits per heavy atom. The smallest absolute Gasteiger partial charge is 0.252 e. The molecule has 0 spiro atoms. The first-order valence-electron chi connectivity index (χ1n) is 44.1. The molecule has 5 heterocycles. The lowest BCUT2D eigenvalue weighted by Gasteiger charge is -2.45. The second kappa shape index (κ2) is 29.0. The van der Waals surface area contributed by atoms with Gasteiger partial charge in [0.15, 0.2) is 17.5 Å². The van der Waals surface area contributed by atoms with Crippen LogP contribution in [0.4, 0.5) is 34.1 Å². The van der Waals surface area contributed by atoms with Gasteiger partial charge in [0.2, 0.25) is 0 Å². The van der Waals surface area contributed by atoms with Gasteiger partial charge in [0, 0.05) is 77.9 Å². The number of fused-ring (bicyclic) bond motifs is 10. The summed E-state index contributed by atoms with van der Waals surface area (Å²) in [7, 11) is 0. The fraction of sp³-hybridized carbons (Fsp3) is 0.243. The minimum atomic E-state index is -0.327. The summed E-state index contributed by atoms with van der Waals surface area (Å²) in [5, 5.41) is 4.97. The third kappa shape index (κ3) is 14.3. The number of hydrogen-bond acceptors (Lipinski definition) is 5. The van der Waals surface area contributed by atoms with Gasteiger partial charge in [-0.15, -0.1) is 0 Å². The van der Waals surface area contributed by atoms with Gasteiger partial charge in [-0.3, -0.25) is 0 Å². The summed E-state index contributed by atoms with van der Waals surface area (Å²) in [4.78, 5) is 22.2. The van der Waals surface area contributed by atoms with Gasteiger partial charge in [-0.2, -0.15) is 0 Å². The van der Waals surface area contributed by atoms with Crippen molar-refractivity contribution in [1.29, 1.82) is 0 Å². The molecule has 8 heteroatoms. The van der Waals surface area contributed by atoms with E-state index in [4.69, 9.17) is 15.0 Å². The number of rotatable bonds is 10. The monoisotopic (exact) mass is 1600 g/mol. The van der Waals surface area contributed by atoms with Gasteiger partial charge in [0.05, 0.1) is 33.4 Å². The maximum Gasteiger partial charge on any atom is 0.252 e. The highest BCUT2D eigenvalue weighted by molar-refractivity contribution is 7.00. The second-order valence-corrected chi connectivity index (χ2v) is 41.9. The highest BCUT2D eigenvalue weighted by Crippen LogP contribution is 2.53. The molecule has 7 nitrogen and oxygen atoms in total. The van der Waals surface area contributed by atoms with Gasteiger partial charge in [0.25, 0.3) is 6.71 Å². The average molecular weight is 1600 g/mol. The summed E-state index contributed by atoms with van der Waals surface area (Å²) >= 11 is 0. The Kier molecular flexibility index (Phi) is 18.9. The number of hydrogen-bond donors (Lipinski definition) is 0. The Labute approximate surface area is 728 Å². The van der Waals surface area contributed by atoms with Crippen LogP contribution in [0.25, 0.3) is 123 Å². The Morgan fingerprint density at radius 3 is 0.919 bits per heavy atom. The van der Waals surface area contributed by atoms with Gasteiger partial charge in [-0.1, -0.05) is 333 Å². The lowest BCUT2D eigenvalue weighted by molar-refractivity contribution is 0.569. The van der Waals surface area contributed by atoms with Crippen LogP contribution in [0, 0.1) is 0 Å². The summed E-state index contributed by atoms with van der Waals surface area (Å²) in [6.45, 7) is 48.8. The fourth-order valence-electron chi connectivity index (χ4n) is 18.8. The first-order valence-corrected chi connectivity index (χ1v) is 44.1. The summed E-state index contributed by atoms with van der Waals surface area (Å²) < 4.78 is 5.11. The van der Waals surface area contributed by atoms with Crippen LogP contribution < -0.4 is 26.2 Å². The van der Waals surface area contributed by atoms with E-state index in [0.717, 1.165) is 112 Å². The Balaban J connectivity index is 0.993. The molecule has 0 aliphatic carbocycles. The van der Waals surface area contributed by atoms with Crippen LogP contribution in [-0.4, -0.2) is 30.8 Å². The first kappa shape index (κ1) is 80.1. The van der Waals surface area contributed by atoms with E-state index in [1.165, 1.54) is 82.3 Å². The van der Waals surface area contributed by atoms with Crippen LogP contribution in [0.1, 0.15) is 184 Å². The van der Waals surface area contributed by atoms with E-state index < -0.39 is 0 Å². The van der Waals surface area contributed by atoms with E-state index >= 15 is 0 Å². The van der Waals surface area contributed by atoms with Crippen molar-refractivity contribution in [2.24, 2.45) is 0 Å². The van der Waals surface area contributed by atoms with Crippen molar-refractivity contribution in [3.8, 4) is 78.9 Å². The van der Waals surface area contributed by atoms with Gasteiger partial charge in [-0.25, -0.2) is 15.0 Å². The fourth-order valence-corrected chi connectivity index (χ4v) is 18.8. The first-order chi connectivity index (χ1) is 58.4. The molecule has 3 aromatic heterocycles. The van der Waals surface area contributed by atoms with E-state index in [0.29, 0.717) is 17.5 Å². The normalized spacial score (nSPS) is 13.4. The zero-order chi connectivity index (χ0) is 86.1. The molecular formula is C115H112BN7. The van der Waals surface area contributed by atoms with E-state index in [-0.39, 0.29) is 44.6 Å². The molecule has 0 saturated heterocycles. The van der Waals surface area contributed by atoms with Crippen LogP contribution in [-0.2, 0) is 37.9 Å². The maximum absolute atomic E-state index is 5.74. The maximum atomic E-state index is 5.74. The predicted octanol–water partition coefficient (Wildman–Crippen LogP) is 29.2. The van der Waals surface area contributed by atoms with Gasteiger partial charge < -0.3 is 18.9 Å². The molecule has 0 N–H and O–H groups in total. The van der Waals surface area contributed by atoms with Crippen molar-refractivity contribution >= 4 is 101 Å². The van der Waals surface area contributed by atoms with Crippen LogP contribution in [0.5, 0.6) is 0 Å². The lowest BCUT2D eigenvalue weighted by Crippen LogP contribution is -2.61. The van der Waals surface area contributed by atoms with Crippen molar-refractivity contribution in [1.82, 2.24) is 24.1 Å². The molecule has 14 aromatic carbocycles. The Hall–Kier alpha value is -12.6. The summed E-state index contributed by atoms with van der Waals surface area (Å²) in [6, 6.07) is 114. The minimum Gasteiger partial charge on any atom is -0.311 e. The molecule has 0 bridgehead atoms. The number of anilines is 6. The van der Waals surface area contributed by atoms with Gasteiger partial charge >= 0.3 is 0 Å². The van der Waals surface area contributed by atoms with Gasteiger partial charge in [-0.05, 0) is 230 Å². The van der Waals surface area contributed by atoms with Crippen LogP contribution >= 0.6 is 0 Å². The quantitative estimate of drug-likeness (QED) is 0.128. The standard InChI is InChI=1S/C115H112BN7/c1-109(2,3)78-43-53-96-88(64-78)89-65-79(110(4,5)6)44-54-97(89)120(96)85-48-50-93-101(69-85)122(95-52-42-75(71-34-26-22-27-35-71)60-87(95)72-36-28-23-29-37-72)103-61-77(76-58-83(114(16,17)18)63-84(59-76)115(19,20)21)62-104-105(103)116(93)94-51-49-86(121-98-55-45-80(111(7,8)9)66-90(98)91-67-81(112(10,11)12)46-56-99(91)121)70-102(94)123(104)100-57-47-82(113(13,14)15)68-92(100)108-118-106(73-38-30-24-31-39-73)117-107(119-108)74-40-32-25-33-41-74/h22-70H,1-21H3. The molecule has 2 aliphatic rings. The van der Waals surface area contributed by atoms with Crippen molar-refractivity contribution < 1.29 is 0 Å². The molecule has 0 radical (unpaired) electrons. The van der Waals surface area contributed by atoms with E-state index in [1.807, 2.05) is 0 Å². The molecule has 0 atom stereocenters. The largest absolute Gasteiger partial charge is 0.311 e. The molecule has 123 heavy (non-hydrogen) atoms. The van der Waals surface area contributed by atoms with E-state index in [2.05, 4.69) is 462 Å². The molecule has 0 fully saturated rings. The minimum absolute atomic E-state index is 0.0823. The molecule has 17 aromatic rings. The Bertz CT molecular complexity index is 6840. The summed E-state index contributed by atoms with van der Waals surface area (Å²) in [5.41, 5.74) is 34.0. The molecule has 0 unspecified atom stereocenters. The highest BCUT2D eigenvalue weighted by atomic mass is 15.2. The molecule has 0 amide bonds. The van der Waals surface area contributed by atoms with Crippen LogP contribution in [0.2, 0.25) is 0 Å². The molecular weight excluding hydrogens is 1490 g/mol. The number of aromatic nitrogens is 5. The number of nitrogens with zero attached hydrogens (tertiary/aromatic N) is 7. The predicted molar refractivity (Wildman–Crippen MR) is 526 cm³/mol. The second-order valence-electron chi connectivity index (χ2n) is 41.9. The van der Waals surface area contributed by atoms with Crippen molar-refractivity contribution in [3.63, 3.8) is 0 Å². The van der Waals surface area contributed by atoms with Crippen molar-refractivity contribution in [3.05, 3.63) is 336 Å². The van der Waals surface area contributed by atoms with Crippen molar-refractivity contribution in [2.45, 2.75) is 183 Å². The molecule has 19 rings (SSSR count). The average Bonchev–Trinajstić information content (AvgIpc) is 0.991.